The Morgan fingerprint density at radius 3 is 2.42 bits per heavy atom. The van der Waals surface area contributed by atoms with Gasteiger partial charge in [-0.2, -0.15) is 5.10 Å². The molecule has 0 atom stereocenters. The third-order valence-electron chi connectivity index (χ3n) is 7.48. The molecule has 0 saturated carbocycles. The van der Waals surface area contributed by atoms with Crippen molar-refractivity contribution in [2.75, 3.05) is 44.7 Å². The molecule has 2 aromatic carbocycles. The van der Waals surface area contributed by atoms with Gasteiger partial charge in [-0.1, -0.05) is 24.6 Å². The van der Waals surface area contributed by atoms with Crippen LogP contribution in [0.25, 0.3) is 22.0 Å². The molecule has 4 heterocycles. The summed E-state index contributed by atoms with van der Waals surface area (Å²) in [6.07, 6.45) is 7.72. The highest BCUT2D eigenvalue weighted by Crippen LogP contribution is 2.27. The molecule has 2 aromatic heterocycles. The molecule has 2 saturated heterocycles. The second-order valence-corrected chi connectivity index (χ2v) is 10.3. The van der Waals surface area contributed by atoms with E-state index in [4.69, 9.17) is 4.74 Å². The van der Waals surface area contributed by atoms with Gasteiger partial charge in [0.25, 0.3) is 5.91 Å². The third kappa shape index (κ3) is 5.78. The molecule has 2 fully saturated rings. The van der Waals surface area contributed by atoms with Gasteiger partial charge in [0.1, 0.15) is 0 Å². The Labute approximate surface area is 223 Å². The van der Waals surface area contributed by atoms with Crippen LogP contribution in [0.4, 0.5) is 5.69 Å². The Balaban J connectivity index is 1.16. The quantitative estimate of drug-likeness (QED) is 0.375. The highest BCUT2D eigenvalue weighted by atomic mass is 16.5. The minimum Gasteiger partial charge on any atom is -0.379 e. The number of carbonyl (C=O) groups excluding carboxylic acids is 1. The number of pyridine rings is 1. The van der Waals surface area contributed by atoms with Crippen LogP contribution in [0.5, 0.6) is 0 Å². The number of hydrogen-bond acceptors (Lipinski definition) is 6. The molecule has 8 nitrogen and oxygen atoms in total. The number of ether oxygens (including phenoxy) is 1. The number of nitrogens with zero attached hydrogens (tertiary/aromatic N) is 4. The molecule has 0 radical (unpaired) electrons. The Bertz CT molecular complexity index is 1390. The summed E-state index contributed by atoms with van der Waals surface area (Å²) in [5, 5.41) is 11.1. The van der Waals surface area contributed by atoms with E-state index in [-0.39, 0.29) is 5.91 Å². The lowest BCUT2D eigenvalue weighted by Crippen LogP contribution is -2.35. The fourth-order valence-electron chi connectivity index (χ4n) is 5.38. The van der Waals surface area contributed by atoms with Crippen molar-refractivity contribution in [1.29, 1.82) is 0 Å². The van der Waals surface area contributed by atoms with E-state index >= 15 is 0 Å². The van der Waals surface area contributed by atoms with E-state index < -0.39 is 0 Å². The van der Waals surface area contributed by atoms with Crippen molar-refractivity contribution in [3.8, 4) is 11.1 Å². The number of morpholine rings is 1. The number of rotatable bonds is 7. The van der Waals surface area contributed by atoms with Crippen LogP contribution in [0.15, 0.2) is 60.9 Å². The fraction of sp³-hybridized carbons (Fsp3) is 0.367. The predicted octanol–water partition coefficient (Wildman–Crippen LogP) is 4.70. The first-order chi connectivity index (χ1) is 18.7. The van der Waals surface area contributed by atoms with Crippen LogP contribution in [0.1, 0.15) is 40.9 Å². The molecule has 6 rings (SSSR count). The maximum Gasteiger partial charge on any atom is 0.276 e. The smallest absolute Gasteiger partial charge is 0.276 e. The van der Waals surface area contributed by atoms with Crippen LogP contribution < -0.4 is 5.32 Å². The number of fused-ring (bicyclic) bond motifs is 1. The summed E-state index contributed by atoms with van der Waals surface area (Å²) in [6, 6.07) is 16.3. The molecule has 2 aliphatic rings. The summed E-state index contributed by atoms with van der Waals surface area (Å²) in [7, 11) is 0. The minimum absolute atomic E-state index is 0.230. The minimum atomic E-state index is -0.230. The molecule has 8 heteroatoms. The van der Waals surface area contributed by atoms with Gasteiger partial charge in [-0.15, -0.1) is 0 Å². The normalized spacial score (nSPS) is 17.1. The maximum atomic E-state index is 13.2. The fourth-order valence-corrected chi connectivity index (χ4v) is 5.38. The lowest BCUT2D eigenvalue weighted by molar-refractivity contribution is 0.0342. The zero-order valence-electron chi connectivity index (χ0n) is 21.7. The summed E-state index contributed by atoms with van der Waals surface area (Å²) in [5.74, 6) is -0.230. The first-order valence-electron chi connectivity index (χ1n) is 13.6. The number of anilines is 1. The van der Waals surface area contributed by atoms with E-state index in [1.807, 2.05) is 36.7 Å². The highest BCUT2D eigenvalue weighted by Gasteiger charge is 2.17. The number of piperidine rings is 1. The van der Waals surface area contributed by atoms with Crippen molar-refractivity contribution < 1.29 is 9.53 Å². The number of likely N-dealkylation sites (tertiary alicyclic amines) is 1. The van der Waals surface area contributed by atoms with Gasteiger partial charge in [-0.3, -0.25) is 24.7 Å². The number of amides is 1. The van der Waals surface area contributed by atoms with E-state index in [2.05, 4.69) is 54.6 Å². The molecule has 0 aliphatic carbocycles. The molecule has 0 bridgehead atoms. The Hall–Kier alpha value is -3.59. The summed E-state index contributed by atoms with van der Waals surface area (Å²) in [6.45, 7) is 7.59. The van der Waals surface area contributed by atoms with Crippen LogP contribution >= 0.6 is 0 Å². The van der Waals surface area contributed by atoms with Crippen molar-refractivity contribution >= 4 is 22.5 Å². The summed E-state index contributed by atoms with van der Waals surface area (Å²) >= 11 is 0. The number of benzene rings is 2. The van der Waals surface area contributed by atoms with Crippen LogP contribution in [0.2, 0.25) is 0 Å². The molecule has 4 aromatic rings. The molecule has 0 unspecified atom stereocenters. The number of nitrogens with one attached hydrogen (secondary N) is 2. The van der Waals surface area contributed by atoms with Gasteiger partial charge in [0.2, 0.25) is 0 Å². The van der Waals surface area contributed by atoms with Gasteiger partial charge in [0.05, 0.1) is 18.7 Å². The summed E-state index contributed by atoms with van der Waals surface area (Å²) in [4.78, 5) is 22.6. The van der Waals surface area contributed by atoms with E-state index in [9.17, 15) is 4.79 Å². The van der Waals surface area contributed by atoms with E-state index in [0.717, 1.165) is 80.2 Å². The van der Waals surface area contributed by atoms with Gasteiger partial charge < -0.3 is 10.1 Å². The van der Waals surface area contributed by atoms with Crippen LogP contribution in [0, 0.1) is 0 Å². The summed E-state index contributed by atoms with van der Waals surface area (Å²) < 4.78 is 5.43. The van der Waals surface area contributed by atoms with Gasteiger partial charge in [-0.25, -0.2) is 0 Å². The molecule has 2 aliphatic heterocycles. The van der Waals surface area contributed by atoms with Crippen LogP contribution in [0.3, 0.4) is 0 Å². The van der Waals surface area contributed by atoms with Crippen LogP contribution in [-0.2, 0) is 17.8 Å². The number of aromatic amines is 1. The lowest BCUT2D eigenvalue weighted by Gasteiger charge is -2.26. The second kappa shape index (κ2) is 11.4. The van der Waals surface area contributed by atoms with Crippen molar-refractivity contribution in [3.05, 3.63) is 77.7 Å². The van der Waals surface area contributed by atoms with Gasteiger partial charge >= 0.3 is 0 Å². The monoisotopic (exact) mass is 510 g/mol. The zero-order chi connectivity index (χ0) is 25.7. The first kappa shape index (κ1) is 24.7. The van der Waals surface area contributed by atoms with Gasteiger partial charge in [-0.05, 0) is 73.0 Å². The SMILES string of the molecule is O=C(Nc1ccc(CN2CCOCC2)cc1)c1n[nH]c2ccc(-c3cncc(CN4CCCCC4)c3)cc12. The summed E-state index contributed by atoms with van der Waals surface area (Å²) in [5.41, 5.74) is 6.47. The molecular formula is C30H34N6O2. The van der Waals surface area contributed by atoms with Crippen molar-refractivity contribution in [3.63, 3.8) is 0 Å². The molecular weight excluding hydrogens is 476 g/mol. The lowest BCUT2D eigenvalue weighted by atomic mass is 10.0. The predicted molar refractivity (Wildman–Crippen MR) is 149 cm³/mol. The third-order valence-corrected chi connectivity index (χ3v) is 7.48. The van der Waals surface area contributed by atoms with Gasteiger partial charge in [0, 0.05) is 55.2 Å². The van der Waals surface area contributed by atoms with E-state index in [0.29, 0.717) is 5.69 Å². The van der Waals surface area contributed by atoms with Crippen molar-refractivity contribution in [1.82, 2.24) is 25.0 Å². The number of hydrogen-bond donors (Lipinski definition) is 2. The van der Waals surface area contributed by atoms with Crippen LogP contribution in [-0.4, -0.2) is 70.3 Å². The molecule has 1 amide bonds. The maximum absolute atomic E-state index is 13.2. The Kier molecular flexibility index (Phi) is 7.44. The highest BCUT2D eigenvalue weighted by molar-refractivity contribution is 6.11. The molecule has 0 spiro atoms. The van der Waals surface area contributed by atoms with E-state index in [1.165, 1.54) is 30.4 Å². The standard InChI is InChI=1S/C30H34N6O2/c37-30(32-26-7-4-22(5-8-26)20-36-12-14-38-15-13-36)29-27-17-24(6-9-28(27)33-34-29)25-16-23(18-31-19-25)21-35-10-2-1-3-11-35/h4-9,16-19H,1-3,10-15,20-21H2,(H,32,37)(H,33,34). The average Bonchev–Trinajstić information content (AvgIpc) is 3.39. The number of aromatic nitrogens is 3. The van der Waals surface area contributed by atoms with Crippen molar-refractivity contribution in [2.45, 2.75) is 32.4 Å². The molecule has 38 heavy (non-hydrogen) atoms. The first-order valence-corrected chi connectivity index (χ1v) is 13.6. The number of carbonyl (C=O) groups is 1. The molecule has 196 valence electrons. The number of H-pyrrole nitrogens is 1. The van der Waals surface area contributed by atoms with Gasteiger partial charge in [0.15, 0.2) is 5.69 Å². The molecule has 2 N–H and O–H groups in total. The topological polar surface area (TPSA) is 86.4 Å². The zero-order valence-corrected chi connectivity index (χ0v) is 21.7. The second-order valence-electron chi connectivity index (χ2n) is 10.3. The van der Waals surface area contributed by atoms with E-state index in [1.54, 1.807) is 0 Å². The van der Waals surface area contributed by atoms with Crippen molar-refractivity contribution in [2.24, 2.45) is 0 Å². The average molecular weight is 511 g/mol. The Morgan fingerprint density at radius 1 is 0.842 bits per heavy atom. The largest absolute Gasteiger partial charge is 0.379 e. The Morgan fingerprint density at radius 2 is 1.61 bits per heavy atom.